The molecule has 7 heteroatoms. The zero-order chi connectivity index (χ0) is 20.2. The molecule has 0 saturated heterocycles. The van der Waals surface area contributed by atoms with Gasteiger partial charge in [0.15, 0.2) is 0 Å². The first-order valence-electron chi connectivity index (χ1n) is 10.1. The number of hydrogen-bond donors (Lipinski definition) is 3. The molecule has 2 heterocycles. The van der Waals surface area contributed by atoms with Gasteiger partial charge in [-0.05, 0) is 60.3 Å². The average molecular weight is 391 g/mol. The fourth-order valence-corrected chi connectivity index (χ4v) is 4.02. The van der Waals surface area contributed by atoms with Crippen LogP contribution in [0.3, 0.4) is 0 Å². The number of fused-ring (bicyclic) bond motifs is 1. The van der Waals surface area contributed by atoms with Crippen molar-refractivity contribution in [3.8, 4) is 0 Å². The molecule has 0 radical (unpaired) electrons. The molecule has 0 bridgehead atoms. The molecule has 2 fully saturated rings. The van der Waals surface area contributed by atoms with Gasteiger partial charge in [-0.15, -0.1) is 0 Å². The molecule has 2 saturated carbocycles. The third-order valence-corrected chi connectivity index (χ3v) is 6.02. The SMILES string of the molecule is COCc1ccc(NC(=O)c2nc(N)c3c(C4(C)CC4)c(C4CC4)[nH]c3n2)cc1. The maximum absolute atomic E-state index is 12.7. The highest BCUT2D eigenvalue weighted by Gasteiger charge is 2.46. The van der Waals surface area contributed by atoms with Gasteiger partial charge in [-0.25, -0.2) is 9.97 Å². The van der Waals surface area contributed by atoms with Gasteiger partial charge in [0.25, 0.3) is 5.91 Å². The molecule has 2 aromatic heterocycles. The maximum Gasteiger partial charge on any atom is 0.293 e. The average Bonchev–Trinajstić information content (AvgIpc) is 3.63. The van der Waals surface area contributed by atoms with Crippen molar-refractivity contribution in [1.82, 2.24) is 15.0 Å². The highest BCUT2D eigenvalue weighted by molar-refractivity contribution is 6.04. The van der Waals surface area contributed by atoms with Crippen molar-refractivity contribution in [2.45, 2.75) is 50.5 Å². The van der Waals surface area contributed by atoms with E-state index in [0.717, 1.165) is 23.8 Å². The van der Waals surface area contributed by atoms with Crippen LogP contribution >= 0.6 is 0 Å². The molecule has 4 N–H and O–H groups in total. The van der Waals surface area contributed by atoms with Crippen LogP contribution in [0.4, 0.5) is 11.5 Å². The third-order valence-electron chi connectivity index (χ3n) is 6.02. The number of methoxy groups -OCH3 is 1. The molecular formula is C22H25N5O2. The summed E-state index contributed by atoms with van der Waals surface area (Å²) in [6, 6.07) is 7.49. The number of carbonyl (C=O) groups excluding carboxylic acids is 1. The van der Waals surface area contributed by atoms with E-state index in [4.69, 9.17) is 10.5 Å². The second-order valence-electron chi connectivity index (χ2n) is 8.49. The highest BCUT2D eigenvalue weighted by atomic mass is 16.5. The number of aromatic amines is 1. The molecule has 29 heavy (non-hydrogen) atoms. The Morgan fingerprint density at radius 3 is 2.62 bits per heavy atom. The summed E-state index contributed by atoms with van der Waals surface area (Å²) in [5.41, 5.74) is 11.4. The predicted molar refractivity (Wildman–Crippen MR) is 112 cm³/mol. The lowest BCUT2D eigenvalue weighted by Crippen LogP contribution is -2.17. The number of H-pyrrole nitrogens is 1. The molecule has 1 amide bonds. The minimum atomic E-state index is -0.375. The minimum Gasteiger partial charge on any atom is -0.383 e. The highest BCUT2D eigenvalue weighted by Crippen LogP contribution is 2.55. The van der Waals surface area contributed by atoms with E-state index in [1.54, 1.807) is 7.11 Å². The fourth-order valence-electron chi connectivity index (χ4n) is 4.02. The smallest absolute Gasteiger partial charge is 0.293 e. The van der Waals surface area contributed by atoms with Crippen LogP contribution in [0, 0.1) is 0 Å². The Labute approximate surface area is 169 Å². The van der Waals surface area contributed by atoms with Crippen LogP contribution in [0.15, 0.2) is 24.3 Å². The van der Waals surface area contributed by atoms with E-state index in [1.165, 1.54) is 24.1 Å². The summed E-state index contributed by atoms with van der Waals surface area (Å²) >= 11 is 0. The summed E-state index contributed by atoms with van der Waals surface area (Å²) < 4.78 is 5.11. The van der Waals surface area contributed by atoms with Crippen molar-refractivity contribution in [3.63, 3.8) is 0 Å². The van der Waals surface area contributed by atoms with Crippen LogP contribution in [0.25, 0.3) is 11.0 Å². The monoisotopic (exact) mass is 391 g/mol. The molecule has 0 atom stereocenters. The predicted octanol–water partition coefficient (Wildman–Crippen LogP) is 3.87. The van der Waals surface area contributed by atoms with Crippen LogP contribution in [0.1, 0.15) is 66.0 Å². The Kier molecular flexibility index (Phi) is 4.10. The molecule has 0 aliphatic heterocycles. The second kappa shape index (κ2) is 6.56. The van der Waals surface area contributed by atoms with Gasteiger partial charge in [0.05, 0.1) is 12.0 Å². The van der Waals surface area contributed by atoms with Crippen molar-refractivity contribution in [3.05, 3.63) is 46.9 Å². The van der Waals surface area contributed by atoms with E-state index in [9.17, 15) is 4.79 Å². The first-order chi connectivity index (χ1) is 14.0. The third kappa shape index (κ3) is 3.25. The van der Waals surface area contributed by atoms with Crippen molar-refractivity contribution in [2.75, 3.05) is 18.2 Å². The van der Waals surface area contributed by atoms with Crippen LogP contribution in [0.2, 0.25) is 0 Å². The summed E-state index contributed by atoms with van der Waals surface area (Å²) in [7, 11) is 1.65. The first kappa shape index (κ1) is 18.1. The quantitative estimate of drug-likeness (QED) is 0.591. The molecule has 5 rings (SSSR count). The summed E-state index contributed by atoms with van der Waals surface area (Å²) in [6.07, 6.45) is 4.69. The van der Waals surface area contributed by atoms with Gasteiger partial charge >= 0.3 is 0 Å². The van der Waals surface area contributed by atoms with Gasteiger partial charge in [0.1, 0.15) is 11.5 Å². The Morgan fingerprint density at radius 1 is 1.28 bits per heavy atom. The number of rotatable bonds is 6. The van der Waals surface area contributed by atoms with Gasteiger partial charge in [-0.2, -0.15) is 0 Å². The number of aromatic nitrogens is 3. The van der Waals surface area contributed by atoms with Gasteiger partial charge in [0.2, 0.25) is 5.82 Å². The number of hydrogen-bond acceptors (Lipinski definition) is 5. The molecule has 0 unspecified atom stereocenters. The minimum absolute atomic E-state index is 0.0760. The molecule has 1 aromatic carbocycles. The van der Waals surface area contributed by atoms with Crippen molar-refractivity contribution < 1.29 is 9.53 Å². The topological polar surface area (TPSA) is 106 Å². The summed E-state index contributed by atoms with van der Waals surface area (Å²) in [5, 5.41) is 3.74. The molecule has 0 spiro atoms. The number of anilines is 2. The Hall–Kier alpha value is -2.93. The summed E-state index contributed by atoms with van der Waals surface area (Å²) in [4.78, 5) is 25.1. The molecule has 7 nitrogen and oxygen atoms in total. The van der Waals surface area contributed by atoms with Gasteiger partial charge in [-0.1, -0.05) is 19.1 Å². The summed E-state index contributed by atoms with van der Waals surface area (Å²) in [6.45, 7) is 2.80. The summed E-state index contributed by atoms with van der Waals surface area (Å²) in [5.74, 6) is 0.632. The Morgan fingerprint density at radius 2 is 2.00 bits per heavy atom. The number of nitrogens with two attached hydrogens (primary N) is 1. The maximum atomic E-state index is 12.7. The first-order valence-corrected chi connectivity index (χ1v) is 10.1. The Bertz CT molecular complexity index is 1090. The molecule has 150 valence electrons. The molecule has 2 aliphatic carbocycles. The van der Waals surface area contributed by atoms with E-state index in [-0.39, 0.29) is 17.1 Å². The Balaban J connectivity index is 1.47. The van der Waals surface area contributed by atoms with E-state index in [0.29, 0.717) is 29.7 Å². The number of nitrogens with zero attached hydrogens (tertiary/aromatic N) is 2. The van der Waals surface area contributed by atoms with Crippen LogP contribution in [-0.4, -0.2) is 28.0 Å². The van der Waals surface area contributed by atoms with E-state index in [2.05, 4.69) is 27.2 Å². The second-order valence-corrected chi connectivity index (χ2v) is 8.49. The van der Waals surface area contributed by atoms with Gasteiger partial charge < -0.3 is 20.8 Å². The van der Waals surface area contributed by atoms with Crippen LogP contribution < -0.4 is 11.1 Å². The normalized spacial score (nSPS) is 17.4. The fraction of sp³-hybridized carbons (Fsp3) is 0.409. The van der Waals surface area contributed by atoms with E-state index < -0.39 is 0 Å². The lowest BCUT2D eigenvalue weighted by atomic mass is 9.94. The molecule has 3 aromatic rings. The zero-order valence-corrected chi connectivity index (χ0v) is 16.7. The number of amides is 1. The van der Waals surface area contributed by atoms with Crippen molar-refractivity contribution in [2.24, 2.45) is 0 Å². The lowest BCUT2D eigenvalue weighted by Gasteiger charge is -2.11. The van der Waals surface area contributed by atoms with Crippen LogP contribution in [-0.2, 0) is 16.8 Å². The number of benzene rings is 1. The van der Waals surface area contributed by atoms with E-state index >= 15 is 0 Å². The largest absolute Gasteiger partial charge is 0.383 e. The van der Waals surface area contributed by atoms with E-state index in [1.807, 2.05) is 24.3 Å². The zero-order valence-electron chi connectivity index (χ0n) is 16.7. The number of ether oxygens (including phenoxy) is 1. The van der Waals surface area contributed by atoms with Crippen LogP contribution in [0.5, 0.6) is 0 Å². The lowest BCUT2D eigenvalue weighted by molar-refractivity contribution is 0.101. The number of nitrogen functional groups attached to an aromatic ring is 1. The van der Waals surface area contributed by atoms with Gasteiger partial charge in [0, 0.05) is 18.5 Å². The number of carbonyl (C=O) groups is 1. The van der Waals surface area contributed by atoms with Crippen molar-refractivity contribution >= 4 is 28.4 Å². The standard InChI is InChI=1S/C22H25N5O2/c1-22(9-10-22)16-15-18(23)26-20(27-19(15)25-17(16)13-5-6-13)21(28)24-14-7-3-12(4-8-14)11-29-2/h3-4,7-8,13H,5-6,9-11H2,1-2H3,(H,24,28)(H3,23,25,26,27). The molecular weight excluding hydrogens is 366 g/mol. The van der Waals surface area contributed by atoms with Crippen molar-refractivity contribution in [1.29, 1.82) is 0 Å². The molecule has 2 aliphatic rings. The number of nitrogens with one attached hydrogen (secondary N) is 2. The van der Waals surface area contributed by atoms with Gasteiger partial charge in [-0.3, -0.25) is 4.79 Å².